The fourth-order valence-electron chi connectivity index (χ4n) is 3.07. The standard InChI is InChI=1S/C24H26N2O5S/c1-29-21-11-9-18(10-12-21)13-24(20-14-22(30-2)16-23(15-20)31-3)25-26-32(27,28)17-19-7-5-4-6-8-19/h4-12,14-16,26H,13,17H2,1-3H3. The van der Waals surface area contributed by atoms with E-state index in [2.05, 4.69) is 9.93 Å². The largest absolute Gasteiger partial charge is 0.497 e. The van der Waals surface area contributed by atoms with E-state index in [9.17, 15) is 8.42 Å². The van der Waals surface area contributed by atoms with Crippen LogP contribution in [0.3, 0.4) is 0 Å². The van der Waals surface area contributed by atoms with Crippen LogP contribution in [0.25, 0.3) is 0 Å². The SMILES string of the molecule is COc1ccc(CC(=NNS(=O)(=O)Cc2ccccc2)c2cc(OC)cc(OC)c2)cc1. The Morgan fingerprint density at radius 1 is 0.781 bits per heavy atom. The summed E-state index contributed by atoms with van der Waals surface area (Å²) in [6.07, 6.45) is 0.383. The van der Waals surface area contributed by atoms with E-state index in [1.165, 1.54) is 0 Å². The minimum Gasteiger partial charge on any atom is -0.497 e. The molecule has 0 saturated heterocycles. The van der Waals surface area contributed by atoms with Crippen LogP contribution in [0.15, 0.2) is 77.9 Å². The van der Waals surface area contributed by atoms with Crippen LogP contribution in [-0.4, -0.2) is 35.5 Å². The summed E-state index contributed by atoms with van der Waals surface area (Å²) in [6, 6.07) is 21.8. The van der Waals surface area contributed by atoms with Crippen molar-refractivity contribution in [2.75, 3.05) is 21.3 Å². The molecular formula is C24H26N2O5S. The third kappa shape index (κ3) is 6.49. The smallest absolute Gasteiger partial charge is 0.251 e. The monoisotopic (exact) mass is 454 g/mol. The number of rotatable bonds is 10. The van der Waals surface area contributed by atoms with Gasteiger partial charge in [-0.05, 0) is 35.4 Å². The molecule has 0 fully saturated rings. The summed E-state index contributed by atoms with van der Waals surface area (Å²) in [7, 11) is 1.02. The molecule has 0 aliphatic heterocycles. The second-order valence-corrected chi connectivity index (χ2v) is 8.72. The van der Waals surface area contributed by atoms with Gasteiger partial charge in [0, 0.05) is 18.1 Å². The van der Waals surface area contributed by atoms with E-state index in [1.54, 1.807) is 63.8 Å². The molecule has 3 rings (SSSR count). The molecule has 3 aromatic rings. The van der Waals surface area contributed by atoms with Gasteiger partial charge in [-0.2, -0.15) is 5.10 Å². The molecule has 0 spiro atoms. The average molecular weight is 455 g/mol. The Hall–Kier alpha value is -3.52. The molecule has 0 aliphatic rings. The molecule has 3 aromatic carbocycles. The molecule has 0 saturated carbocycles. The lowest BCUT2D eigenvalue weighted by Crippen LogP contribution is -2.23. The van der Waals surface area contributed by atoms with Gasteiger partial charge in [0.2, 0.25) is 0 Å². The normalized spacial score (nSPS) is 11.7. The van der Waals surface area contributed by atoms with Crippen LogP contribution in [0, 0.1) is 0 Å². The number of nitrogens with zero attached hydrogens (tertiary/aromatic N) is 1. The number of hydrogen-bond donors (Lipinski definition) is 1. The third-order valence-corrected chi connectivity index (χ3v) is 5.82. The molecular weight excluding hydrogens is 428 g/mol. The van der Waals surface area contributed by atoms with Crippen molar-refractivity contribution in [3.63, 3.8) is 0 Å². The Labute approximate surface area is 188 Å². The first kappa shape index (κ1) is 23.1. The molecule has 0 amide bonds. The Morgan fingerprint density at radius 2 is 1.38 bits per heavy atom. The van der Waals surface area contributed by atoms with Crippen molar-refractivity contribution in [2.45, 2.75) is 12.2 Å². The van der Waals surface area contributed by atoms with Crippen molar-refractivity contribution < 1.29 is 22.6 Å². The van der Waals surface area contributed by atoms with Crippen molar-refractivity contribution in [1.82, 2.24) is 4.83 Å². The van der Waals surface area contributed by atoms with Crippen molar-refractivity contribution in [3.05, 3.63) is 89.5 Å². The van der Waals surface area contributed by atoms with Gasteiger partial charge in [-0.15, -0.1) is 0 Å². The summed E-state index contributed by atoms with van der Waals surface area (Å²) in [5.41, 5.74) is 2.81. The average Bonchev–Trinajstić information content (AvgIpc) is 2.82. The highest BCUT2D eigenvalue weighted by molar-refractivity contribution is 7.88. The van der Waals surface area contributed by atoms with Crippen LogP contribution in [0.4, 0.5) is 0 Å². The summed E-state index contributed by atoms with van der Waals surface area (Å²) in [5, 5.41) is 4.29. The first-order valence-electron chi connectivity index (χ1n) is 9.89. The van der Waals surface area contributed by atoms with Crippen LogP contribution in [-0.2, 0) is 22.2 Å². The topological polar surface area (TPSA) is 86.2 Å². The minimum atomic E-state index is -3.69. The fraction of sp³-hybridized carbons (Fsp3) is 0.208. The molecule has 0 bridgehead atoms. The van der Waals surface area contributed by atoms with Gasteiger partial charge in [-0.3, -0.25) is 0 Å². The Kier molecular flexibility index (Phi) is 7.72. The molecule has 0 aliphatic carbocycles. The maximum absolute atomic E-state index is 12.6. The van der Waals surface area contributed by atoms with Gasteiger partial charge in [0.1, 0.15) is 17.2 Å². The van der Waals surface area contributed by atoms with Gasteiger partial charge in [0.25, 0.3) is 10.0 Å². The predicted octanol–water partition coefficient (Wildman–Crippen LogP) is 3.78. The maximum atomic E-state index is 12.6. The van der Waals surface area contributed by atoms with E-state index in [-0.39, 0.29) is 5.75 Å². The molecule has 0 radical (unpaired) electrons. The number of methoxy groups -OCH3 is 3. The molecule has 8 heteroatoms. The lowest BCUT2D eigenvalue weighted by molar-refractivity contribution is 0.394. The van der Waals surface area contributed by atoms with Gasteiger partial charge in [0.05, 0.1) is 32.8 Å². The second kappa shape index (κ2) is 10.7. The quantitative estimate of drug-likeness (QED) is 0.372. The van der Waals surface area contributed by atoms with Gasteiger partial charge in [-0.25, -0.2) is 13.2 Å². The summed E-state index contributed by atoms with van der Waals surface area (Å²) in [6.45, 7) is 0. The van der Waals surface area contributed by atoms with E-state index >= 15 is 0 Å². The predicted molar refractivity (Wildman–Crippen MR) is 125 cm³/mol. The van der Waals surface area contributed by atoms with Gasteiger partial charge in [0.15, 0.2) is 0 Å². The lowest BCUT2D eigenvalue weighted by atomic mass is 10.0. The summed E-state index contributed by atoms with van der Waals surface area (Å²) < 4.78 is 41.2. The molecule has 32 heavy (non-hydrogen) atoms. The highest BCUT2D eigenvalue weighted by Crippen LogP contribution is 2.24. The van der Waals surface area contributed by atoms with Crippen molar-refractivity contribution in [3.8, 4) is 17.2 Å². The van der Waals surface area contributed by atoms with Crippen LogP contribution in [0.2, 0.25) is 0 Å². The van der Waals surface area contributed by atoms with Crippen LogP contribution < -0.4 is 19.0 Å². The Balaban J connectivity index is 1.93. The summed E-state index contributed by atoms with van der Waals surface area (Å²) in [5.74, 6) is 1.72. The molecule has 0 heterocycles. The molecule has 0 atom stereocenters. The van der Waals surface area contributed by atoms with Crippen molar-refractivity contribution in [1.29, 1.82) is 0 Å². The highest BCUT2D eigenvalue weighted by Gasteiger charge is 2.14. The first-order chi connectivity index (χ1) is 15.4. The van der Waals surface area contributed by atoms with Crippen molar-refractivity contribution in [2.24, 2.45) is 5.10 Å². The van der Waals surface area contributed by atoms with E-state index < -0.39 is 10.0 Å². The van der Waals surface area contributed by atoms with Gasteiger partial charge < -0.3 is 14.2 Å². The number of sulfonamides is 1. The molecule has 0 aromatic heterocycles. The Bertz CT molecular complexity index is 1140. The number of hydrazone groups is 1. The van der Waals surface area contributed by atoms with Gasteiger partial charge in [-0.1, -0.05) is 42.5 Å². The lowest BCUT2D eigenvalue weighted by Gasteiger charge is -2.12. The minimum absolute atomic E-state index is 0.172. The van der Waals surface area contributed by atoms with Crippen LogP contribution >= 0.6 is 0 Å². The van der Waals surface area contributed by atoms with Crippen molar-refractivity contribution >= 4 is 15.7 Å². The maximum Gasteiger partial charge on any atom is 0.251 e. The molecule has 1 N–H and O–H groups in total. The summed E-state index contributed by atoms with van der Waals surface area (Å²) >= 11 is 0. The second-order valence-electron chi connectivity index (χ2n) is 7.02. The number of ether oxygens (including phenoxy) is 3. The fourth-order valence-corrected chi connectivity index (χ4v) is 4.01. The molecule has 0 unspecified atom stereocenters. The van der Waals surface area contributed by atoms with E-state index in [1.807, 2.05) is 30.3 Å². The first-order valence-corrected chi connectivity index (χ1v) is 11.5. The molecule has 7 nitrogen and oxygen atoms in total. The van der Waals surface area contributed by atoms with E-state index in [4.69, 9.17) is 14.2 Å². The van der Waals surface area contributed by atoms with Gasteiger partial charge >= 0.3 is 0 Å². The number of benzene rings is 3. The highest BCUT2D eigenvalue weighted by atomic mass is 32.2. The zero-order valence-electron chi connectivity index (χ0n) is 18.2. The van der Waals surface area contributed by atoms with E-state index in [0.717, 1.165) is 11.3 Å². The van der Waals surface area contributed by atoms with Crippen LogP contribution in [0.1, 0.15) is 16.7 Å². The number of hydrogen-bond acceptors (Lipinski definition) is 6. The number of nitrogens with one attached hydrogen (secondary N) is 1. The third-order valence-electron chi connectivity index (χ3n) is 4.73. The zero-order chi connectivity index (χ0) is 23.0. The zero-order valence-corrected chi connectivity index (χ0v) is 19.1. The van der Waals surface area contributed by atoms with E-state index in [0.29, 0.717) is 34.8 Å². The van der Waals surface area contributed by atoms with Crippen LogP contribution in [0.5, 0.6) is 17.2 Å². The Morgan fingerprint density at radius 3 is 1.94 bits per heavy atom. The molecule has 168 valence electrons. The summed E-state index contributed by atoms with van der Waals surface area (Å²) in [4.78, 5) is 2.38.